The number of rotatable bonds is 6. The van der Waals surface area contributed by atoms with Gasteiger partial charge in [0.15, 0.2) is 0 Å². The molecule has 1 fully saturated rings. The van der Waals surface area contributed by atoms with E-state index in [1.165, 1.54) is 6.20 Å². The zero-order valence-corrected chi connectivity index (χ0v) is 33.1. The summed E-state index contributed by atoms with van der Waals surface area (Å²) < 4.78 is 11.5. The molecule has 2 aliphatic heterocycles. The van der Waals surface area contributed by atoms with Crippen LogP contribution in [0.4, 0.5) is 10.6 Å². The Bertz CT molecular complexity index is 2100. The first-order valence-electron chi connectivity index (χ1n) is 19.6. The van der Waals surface area contributed by atoms with Gasteiger partial charge in [-0.05, 0) is 112 Å². The standard InChI is InChI=1S/C44H52N6O7/c1-28-15-17-33-22-32(28)25-46-41(53)36(18-16-29-10-6-5-7-11-29)47-42(54)37(24-39(51)50-20-9-12-30(27-50)19-21-56-33)48-40(52)34-14-8-13-31-23-38(45-26-35(31)34)49-43(55)57-44(2,3)4/h5-8,10-11,13-15,17,22-23,26,30,36-37H,9,12,16,18-21,24-25,27H2,1-4H3,(H,46,53)(H,47,54)(H,48,52)(H,45,49,55)/t30?,36-,37-/m0/s1. The molecule has 300 valence electrons. The van der Waals surface area contributed by atoms with E-state index in [-0.39, 0.29) is 42.6 Å². The summed E-state index contributed by atoms with van der Waals surface area (Å²) in [6, 6.07) is 19.9. The van der Waals surface area contributed by atoms with E-state index in [4.69, 9.17) is 9.47 Å². The van der Waals surface area contributed by atoms with Crippen LogP contribution in [0.15, 0.2) is 79.0 Å². The summed E-state index contributed by atoms with van der Waals surface area (Å²) in [5.41, 5.74) is 2.40. The smallest absolute Gasteiger partial charge is 0.413 e. The van der Waals surface area contributed by atoms with Gasteiger partial charge in [0.25, 0.3) is 5.91 Å². The Morgan fingerprint density at radius 3 is 2.58 bits per heavy atom. The number of aryl methyl sites for hydroxylation is 2. The van der Waals surface area contributed by atoms with Gasteiger partial charge in [-0.25, -0.2) is 9.78 Å². The van der Waals surface area contributed by atoms with Crippen molar-refractivity contribution in [3.63, 3.8) is 0 Å². The Morgan fingerprint density at radius 2 is 1.79 bits per heavy atom. The summed E-state index contributed by atoms with van der Waals surface area (Å²) in [5.74, 6) is -0.745. The fourth-order valence-electron chi connectivity index (χ4n) is 7.20. The van der Waals surface area contributed by atoms with Crippen LogP contribution in [0, 0.1) is 12.8 Å². The minimum atomic E-state index is -1.30. The molecule has 2 aliphatic rings. The lowest BCUT2D eigenvalue weighted by molar-refractivity contribution is -0.137. The van der Waals surface area contributed by atoms with Crippen LogP contribution in [0.3, 0.4) is 0 Å². The van der Waals surface area contributed by atoms with Crippen molar-refractivity contribution in [2.45, 2.75) is 90.4 Å². The first-order valence-corrected chi connectivity index (χ1v) is 19.6. The van der Waals surface area contributed by atoms with E-state index in [1.54, 1.807) is 49.9 Å². The summed E-state index contributed by atoms with van der Waals surface area (Å²) >= 11 is 0. The average Bonchev–Trinajstić information content (AvgIpc) is 3.18. The number of aromatic nitrogens is 1. The predicted octanol–water partition coefficient (Wildman–Crippen LogP) is 5.83. The minimum absolute atomic E-state index is 0.216. The van der Waals surface area contributed by atoms with Gasteiger partial charge in [0.1, 0.15) is 29.3 Å². The molecule has 3 aromatic carbocycles. The van der Waals surface area contributed by atoms with E-state index in [1.807, 2.05) is 55.5 Å². The van der Waals surface area contributed by atoms with Crippen LogP contribution in [0.5, 0.6) is 5.75 Å². The number of ether oxygens (including phenoxy) is 2. The zero-order chi connectivity index (χ0) is 40.5. The Labute approximate surface area is 333 Å². The number of hydrogen-bond acceptors (Lipinski definition) is 8. The summed E-state index contributed by atoms with van der Waals surface area (Å²) in [6.45, 7) is 8.99. The normalized spacial score (nSPS) is 19.6. The van der Waals surface area contributed by atoms with Gasteiger partial charge in [-0.1, -0.05) is 48.5 Å². The SMILES string of the molecule is Cc1ccc2cc1CNC(=O)[C@H](CCc1ccccc1)NC(=O)[C@@H](NC(=O)c1cccc3cc(NC(=O)OC(C)(C)C)ncc13)CC(=O)N1CCCC(CCO2)C1. The molecule has 3 atom stereocenters. The first kappa shape index (κ1) is 40.7. The zero-order valence-electron chi connectivity index (χ0n) is 33.1. The van der Waals surface area contributed by atoms with E-state index in [0.717, 1.165) is 36.0 Å². The van der Waals surface area contributed by atoms with Crippen LogP contribution in [0.2, 0.25) is 0 Å². The largest absolute Gasteiger partial charge is 0.494 e. The van der Waals surface area contributed by atoms with E-state index in [2.05, 4.69) is 26.3 Å². The van der Waals surface area contributed by atoms with Crippen molar-refractivity contribution in [2.24, 2.45) is 5.92 Å². The van der Waals surface area contributed by atoms with Crippen molar-refractivity contribution >= 4 is 46.3 Å². The van der Waals surface area contributed by atoms with Gasteiger partial charge in [-0.2, -0.15) is 0 Å². The molecule has 0 aliphatic carbocycles. The van der Waals surface area contributed by atoms with Crippen LogP contribution in [0.1, 0.15) is 79.9 Å². The highest BCUT2D eigenvalue weighted by atomic mass is 16.6. The highest BCUT2D eigenvalue weighted by molar-refractivity contribution is 6.09. The Kier molecular flexibility index (Phi) is 13.1. The Morgan fingerprint density at radius 1 is 0.982 bits per heavy atom. The van der Waals surface area contributed by atoms with Crippen molar-refractivity contribution in [2.75, 3.05) is 25.0 Å². The van der Waals surface area contributed by atoms with Gasteiger partial charge >= 0.3 is 6.09 Å². The van der Waals surface area contributed by atoms with Crippen LogP contribution >= 0.6 is 0 Å². The molecule has 1 aromatic heterocycles. The minimum Gasteiger partial charge on any atom is -0.494 e. The molecule has 1 unspecified atom stereocenters. The van der Waals surface area contributed by atoms with Crippen molar-refractivity contribution in [1.29, 1.82) is 0 Å². The first-order chi connectivity index (χ1) is 27.3. The molecule has 3 heterocycles. The number of benzene rings is 3. The lowest BCUT2D eigenvalue weighted by atomic mass is 9.94. The van der Waals surface area contributed by atoms with E-state index >= 15 is 0 Å². The van der Waals surface area contributed by atoms with E-state index in [9.17, 15) is 24.0 Å². The molecule has 13 heteroatoms. The third-order valence-corrected chi connectivity index (χ3v) is 10.3. The summed E-state index contributed by atoms with van der Waals surface area (Å²) in [7, 11) is 0. The van der Waals surface area contributed by atoms with Gasteiger partial charge in [-0.3, -0.25) is 24.5 Å². The number of nitrogens with zero attached hydrogens (tertiary/aromatic N) is 2. The second-order valence-corrected chi connectivity index (χ2v) is 15.8. The van der Waals surface area contributed by atoms with Crippen molar-refractivity contribution < 1.29 is 33.4 Å². The second-order valence-electron chi connectivity index (χ2n) is 15.8. The molecule has 4 aromatic rings. The molecule has 4 N–H and O–H groups in total. The van der Waals surface area contributed by atoms with Crippen molar-refractivity contribution in [3.8, 4) is 5.75 Å². The number of hydrogen-bond donors (Lipinski definition) is 4. The number of carbonyl (C=O) groups is 5. The van der Waals surface area contributed by atoms with Crippen LogP contribution in [-0.4, -0.2) is 77.0 Å². The van der Waals surface area contributed by atoms with Gasteiger partial charge in [-0.15, -0.1) is 0 Å². The maximum Gasteiger partial charge on any atom is 0.413 e. The molecule has 1 saturated heterocycles. The molecular formula is C44H52N6O7. The number of nitrogens with one attached hydrogen (secondary N) is 4. The third-order valence-electron chi connectivity index (χ3n) is 10.3. The quantitative estimate of drug-likeness (QED) is 0.190. The number of fused-ring (bicyclic) bond motifs is 5. The van der Waals surface area contributed by atoms with Crippen molar-refractivity contribution in [1.82, 2.24) is 25.8 Å². The molecule has 0 radical (unpaired) electrons. The lowest BCUT2D eigenvalue weighted by Crippen LogP contribution is -2.55. The topological polar surface area (TPSA) is 168 Å². The maximum absolute atomic E-state index is 14.3. The molecule has 6 rings (SSSR count). The van der Waals surface area contributed by atoms with Crippen LogP contribution in [0.25, 0.3) is 10.8 Å². The molecule has 0 saturated carbocycles. The molecule has 5 amide bonds. The Hall–Kier alpha value is -5.98. The van der Waals surface area contributed by atoms with Gasteiger partial charge in [0, 0.05) is 36.8 Å². The van der Waals surface area contributed by atoms with Crippen molar-refractivity contribution in [3.05, 3.63) is 101 Å². The molecule has 4 bridgehead atoms. The van der Waals surface area contributed by atoms with E-state index in [0.29, 0.717) is 42.6 Å². The van der Waals surface area contributed by atoms with E-state index < -0.39 is 41.5 Å². The van der Waals surface area contributed by atoms with Crippen LogP contribution in [-0.2, 0) is 32.1 Å². The summed E-state index contributed by atoms with van der Waals surface area (Å²) in [5, 5.41) is 12.4. The number of pyridine rings is 1. The van der Waals surface area contributed by atoms with Gasteiger partial charge in [0.2, 0.25) is 17.7 Å². The number of anilines is 1. The lowest BCUT2D eigenvalue weighted by Gasteiger charge is -2.34. The molecule has 0 spiro atoms. The molecular weight excluding hydrogens is 725 g/mol. The number of piperidine rings is 1. The Balaban J connectivity index is 1.28. The predicted molar refractivity (Wildman–Crippen MR) is 217 cm³/mol. The summed E-state index contributed by atoms with van der Waals surface area (Å²) in [6.07, 6.45) is 3.78. The second kappa shape index (κ2) is 18.3. The third kappa shape index (κ3) is 11.3. The fraction of sp³-hybridized carbons (Fsp3) is 0.409. The highest BCUT2D eigenvalue weighted by Gasteiger charge is 2.32. The fourth-order valence-corrected chi connectivity index (χ4v) is 7.20. The average molecular weight is 777 g/mol. The number of carbonyl (C=O) groups excluding carboxylic acids is 5. The molecule has 57 heavy (non-hydrogen) atoms. The van der Waals surface area contributed by atoms with Gasteiger partial charge in [0.05, 0.1) is 13.0 Å². The monoisotopic (exact) mass is 776 g/mol. The van der Waals surface area contributed by atoms with Gasteiger partial charge < -0.3 is 30.3 Å². The summed E-state index contributed by atoms with van der Waals surface area (Å²) in [4.78, 5) is 74.7. The van der Waals surface area contributed by atoms with Crippen LogP contribution < -0.4 is 26.0 Å². The molecule has 13 nitrogen and oxygen atoms in total. The highest BCUT2D eigenvalue weighted by Crippen LogP contribution is 2.25. The maximum atomic E-state index is 14.3. The number of amides is 5.